The molecule has 17 heavy (non-hydrogen) atoms. The van der Waals surface area contributed by atoms with Crippen LogP contribution in [0.3, 0.4) is 0 Å². The standard InChI is InChI=1S/C13H18F2N2/c1-2-3-4-5-13(17-16)8-10-6-11(14)9-12(15)7-10/h2,6-7,9,13,17H,1,3-5,8,16H2. The number of hydrogen-bond acceptors (Lipinski definition) is 2. The molecule has 0 bridgehead atoms. The molecule has 0 saturated carbocycles. The number of unbranched alkanes of at least 4 members (excludes halogenated alkanes) is 1. The van der Waals surface area contributed by atoms with Crippen molar-refractivity contribution < 1.29 is 8.78 Å². The van der Waals surface area contributed by atoms with Gasteiger partial charge < -0.3 is 0 Å². The third kappa shape index (κ3) is 5.06. The molecule has 0 amide bonds. The van der Waals surface area contributed by atoms with Gasteiger partial charge in [-0.25, -0.2) is 8.78 Å². The maximum atomic E-state index is 13.0. The molecule has 2 nitrogen and oxygen atoms in total. The molecule has 0 aliphatic heterocycles. The molecule has 0 radical (unpaired) electrons. The SMILES string of the molecule is C=CCCCC(Cc1cc(F)cc(F)c1)NN. The molecule has 0 aliphatic rings. The maximum Gasteiger partial charge on any atom is 0.126 e. The number of rotatable bonds is 7. The number of nitrogens with one attached hydrogen (secondary N) is 1. The monoisotopic (exact) mass is 240 g/mol. The molecule has 1 atom stereocenters. The van der Waals surface area contributed by atoms with Gasteiger partial charge in [-0.2, -0.15) is 0 Å². The summed E-state index contributed by atoms with van der Waals surface area (Å²) in [5.41, 5.74) is 3.28. The van der Waals surface area contributed by atoms with E-state index in [0.717, 1.165) is 25.3 Å². The zero-order valence-electron chi connectivity index (χ0n) is 9.76. The van der Waals surface area contributed by atoms with E-state index >= 15 is 0 Å². The third-order valence-electron chi connectivity index (χ3n) is 2.60. The molecule has 0 aromatic heterocycles. The van der Waals surface area contributed by atoms with Gasteiger partial charge in [0.1, 0.15) is 11.6 Å². The summed E-state index contributed by atoms with van der Waals surface area (Å²) in [7, 11) is 0. The number of nitrogens with two attached hydrogens (primary N) is 1. The van der Waals surface area contributed by atoms with E-state index in [-0.39, 0.29) is 6.04 Å². The van der Waals surface area contributed by atoms with Crippen LogP contribution in [0, 0.1) is 11.6 Å². The number of allylic oxidation sites excluding steroid dienone is 1. The van der Waals surface area contributed by atoms with E-state index in [9.17, 15) is 8.78 Å². The Balaban J connectivity index is 2.57. The zero-order chi connectivity index (χ0) is 12.7. The molecule has 1 rings (SSSR count). The maximum absolute atomic E-state index is 13.0. The van der Waals surface area contributed by atoms with E-state index in [0.29, 0.717) is 12.0 Å². The average Bonchev–Trinajstić information content (AvgIpc) is 2.26. The summed E-state index contributed by atoms with van der Waals surface area (Å²) in [4.78, 5) is 0. The summed E-state index contributed by atoms with van der Waals surface area (Å²) >= 11 is 0. The van der Waals surface area contributed by atoms with Gasteiger partial charge in [-0.15, -0.1) is 6.58 Å². The summed E-state index contributed by atoms with van der Waals surface area (Å²) in [5.74, 6) is 4.31. The molecule has 1 aromatic rings. The highest BCUT2D eigenvalue weighted by atomic mass is 19.1. The van der Waals surface area contributed by atoms with E-state index in [4.69, 9.17) is 5.84 Å². The van der Waals surface area contributed by atoms with Crippen LogP contribution in [-0.2, 0) is 6.42 Å². The van der Waals surface area contributed by atoms with Gasteiger partial charge in [0.15, 0.2) is 0 Å². The largest absolute Gasteiger partial charge is 0.271 e. The van der Waals surface area contributed by atoms with Crippen LogP contribution in [0.1, 0.15) is 24.8 Å². The molecule has 4 heteroatoms. The lowest BCUT2D eigenvalue weighted by Gasteiger charge is -2.15. The number of hydrogen-bond donors (Lipinski definition) is 2. The Bertz CT molecular complexity index is 346. The Morgan fingerprint density at radius 1 is 1.29 bits per heavy atom. The second-order valence-electron chi connectivity index (χ2n) is 4.06. The fourth-order valence-electron chi connectivity index (χ4n) is 1.77. The van der Waals surface area contributed by atoms with Gasteiger partial charge in [0, 0.05) is 12.1 Å². The van der Waals surface area contributed by atoms with Crippen LogP contribution in [0.4, 0.5) is 8.78 Å². The van der Waals surface area contributed by atoms with Crippen molar-refractivity contribution in [1.82, 2.24) is 5.43 Å². The lowest BCUT2D eigenvalue weighted by atomic mass is 10.0. The molecule has 0 spiro atoms. The Labute approximate surface area is 100 Å². The quantitative estimate of drug-likeness (QED) is 0.333. The molecule has 1 unspecified atom stereocenters. The van der Waals surface area contributed by atoms with Crippen LogP contribution < -0.4 is 11.3 Å². The first kappa shape index (κ1) is 13.8. The van der Waals surface area contributed by atoms with Gasteiger partial charge in [-0.1, -0.05) is 6.08 Å². The third-order valence-corrected chi connectivity index (χ3v) is 2.60. The van der Waals surface area contributed by atoms with E-state index in [1.165, 1.54) is 12.1 Å². The van der Waals surface area contributed by atoms with Gasteiger partial charge in [-0.3, -0.25) is 11.3 Å². The zero-order valence-corrected chi connectivity index (χ0v) is 9.76. The van der Waals surface area contributed by atoms with Crippen LogP contribution in [0.15, 0.2) is 30.9 Å². The summed E-state index contributed by atoms with van der Waals surface area (Å²) in [6.45, 7) is 3.64. The molecule has 1 aromatic carbocycles. The Kier molecular flexibility index (Phi) is 5.80. The van der Waals surface area contributed by atoms with Gasteiger partial charge >= 0.3 is 0 Å². The van der Waals surface area contributed by atoms with Gasteiger partial charge in [0.05, 0.1) is 0 Å². The second kappa shape index (κ2) is 7.14. The van der Waals surface area contributed by atoms with Crippen LogP contribution in [-0.4, -0.2) is 6.04 Å². The fraction of sp³-hybridized carbons (Fsp3) is 0.385. The van der Waals surface area contributed by atoms with Gasteiger partial charge in [-0.05, 0) is 43.4 Å². The molecular formula is C13H18F2N2. The highest BCUT2D eigenvalue weighted by Crippen LogP contribution is 2.12. The van der Waals surface area contributed by atoms with Crippen LogP contribution in [0.5, 0.6) is 0 Å². The van der Waals surface area contributed by atoms with Gasteiger partial charge in [0.25, 0.3) is 0 Å². The van der Waals surface area contributed by atoms with E-state index in [1.54, 1.807) is 0 Å². The normalized spacial score (nSPS) is 12.4. The molecule has 94 valence electrons. The van der Waals surface area contributed by atoms with Crippen molar-refractivity contribution in [2.75, 3.05) is 0 Å². The number of halogens is 2. The van der Waals surface area contributed by atoms with Crippen LogP contribution in [0.2, 0.25) is 0 Å². The van der Waals surface area contributed by atoms with Crippen LogP contribution >= 0.6 is 0 Å². The van der Waals surface area contributed by atoms with Crippen molar-refractivity contribution in [1.29, 1.82) is 0 Å². The lowest BCUT2D eigenvalue weighted by molar-refractivity contribution is 0.475. The predicted octanol–water partition coefficient (Wildman–Crippen LogP) is 2.70. The molecule has 0 heterocycles. The van der Waals surface area contributed by atoms with Crippen molar-refractivity contribution in [2.45, 2.75) is 31.7 Å². The minimum absolute atomic E-state index is 0.0242. The predicted molar refractivity (Wildman–Crippen MR) is 65.2 cm³/mol. The number of benzene rings is 1. The highest BCUT2D eigenvalue weighted by molar-refractivity contribution is 5.18. The lowest BCUT2D eigenvalue weighted by Crippen LogP contribution is -2.36. The summed E-state index contributed by atoms with van der Waals surface area (Å²) in [5, 5.41) is 0. The molecular weight excluding hydrogens is 222 g/mol. The van der Waals surface area contributed by atoms with Crippen molar-refractivity contribution in [3.8, 4) is 0 Å². The Hall–Kier alpha value is -1.26. The molecule has 0 fully saturated rings. The Morgan fingerprint density at radius 3 is 2.47 bits per heavy atom. The highest BCUT2D eigenvalue weighted by Gasteiger charge is 2.09. The fourth-order valence-corrected chi connectivity index (χ4v) is 1.77. The first-order valence-electron chi connectivity index (χ1n) is 5.67. The van der Waals surface area contributed by atoms with E-state index in [2.05, 4.69) is 12.0 Å². The summed E-state index contributed by atoms with van der Waals surface area (Å²) in [6.07, 6.45) is 5.07. The number of hydrazine groups is 1. The van der Waals surface area contributed by atoms with Gasteiger partial charge in [0.2, 0.25) is 0 Å². The summed E-state index contributed by atoms with van der Waals surface area (Å²) in [6, 6.07) is 3.56. The molecule has 0 saturated heterocycles. The van der Waals surface area contributed by atoms with E-state index < -0.39 is 11.6 Å². The molecule has 0 aliphatic carbocycles. The first-order valence-corrected chi connectivity index (χ1v) is 5.67. The van der Waals surface area contributed by atoms with E-state index in [1.807, 2.05) is 6.08 Å². The second-order valence-corrected chi connectivity index (χ2v) is 4.06. The first-order chi connectivity index (χ1) is 8.15. The smallest absolute Gasteiger partial charge is 0.126 e. The summed E-state index contributed by atoms with van der Waals surface area (Å²) < 4.78 is 26.0. The Morgan fingerprint density at radius 2 is 1.94 bits per heavy atom. The van der Waals surface area contributed by atoms with Crippen molar-refractivity contribution in [3.05, 3.63) is 48.1 Å². The minimum Gasteiger partial charge on any atom is -0.271 e. The van der Waals surface area contributed by atoms with Crippen molar-refractivity contribution in [3.63, 3.8) is 0 Å². The average molecular weight is 240 g/mol. The van der Waals surface area contributed by atoms with Crippen molar-refractivity contribution >= 4 is 0 Å². The molecule has 3 N–H and O–H groups in total. The minimum atomic E-state index is -0.554. The van der Waals surface area contributed by atoms with Crippen LogP contribution in [0.25, 0.3) is 0 Å². The van der Waals surface area contributed by atoms with Crippen molar-refractivity contribution in [2.24, 2.45) is 5.84 Å². The topological polar surface area (TPSA) is 38.0 Å².